The molecule has 0 unspecified atom stereocenters. The van der Waals surface area contributed by atoms with Crippen molar-refractivity contribution in [2.75, 3.05) is 36.4 Å². The zero-order chi connectivity index (χ0) is 22.0. The Hall–Kier alpha value is -2.82. The fourth-order valence-corrected chi connectivity index (χ4v) is 6.08. The summed E-state index contributed by atoms with van der Waals surface area (Å²) in [6.07, 6.45) is 0. The van der Waals surface area contributed by atoms with Gasteiger partial charge >= 0.3 is 0 Å². The van der Waals surface area contributed by atoms with E-state index in [2.05, 4.69) is 5.32 Å². The number of hydrogen-bond donors (Lipinski definition) is 1. The smallest absolute Gasteiger partial charge is 0.267 e. The van der Waals surface area contributed by atoms with Crippen molar-refractivity contribution < 1.29 is 22.0 Å². The fourth-order valence-electron chi connectivity index (χ4n) is 3.36. The normalized spacial score (nSPS) is 15.1. The van der Waals surface area contributed by atoms with E-state index in [4.69, 9.17) is 0 Å². The number of amides is 1. The average Bonchev–Trinajstić information content (AvgIpc) is 3.27. The van der Waals surface area contributed by atoms with Crippen molar-refractivity contribution in [3.05, 3.63) is 76.5 Å². The summed E-state index contributed by atoms with van der Waals surface area (Å²) in [7, 11) is -3.87. The molecule has 162 valence electrons. The van der Waals surface area contributed by atoms with Crippen LogP contribution in [-0.4, -0.2) is 44.8 Å². The molecule has 1 saturated heterocycles. The van der Waals surface area contributed by atoms with E-state index in [1.807, 2.05) is 4.90 Å². The maximum absolute atomic E-state index is 13.2. The Labute approximate surface area is 182 Å². The summed E-state index contributed by atoms with van der Waals surface area (Å²) in [4.78, 5) is 14.7. The first-order valence-corrected chi connectivity index (χ1v) is 11.8. The number of carbonyl (C=O) groups excluding carboxylic acids is 1. The van der Waals surface area contributed by atoms with Gasteiger partial charge in [-0.15, -0.1) is 11.3 Å². The summed E-state index contributed by atoms with van der Waals surface area (Å²) < 4.78 is 53.9. The van der Waals surface area contributed by atoms with Crippen LogP contribution < -0.4 is 10.2 Å². The van der Waals surface area contributed by atoms with Gasteiger partial charge in [0.05, 0.1) is 0 Å². The van der Waals surface area contributed by atoms with E-state index in [0.717, 1.165) is 17.0 Å². The number of piperazine rings is 1. The van der Waals surface area contributed by atoms with E-state index < -0.39 is 21.7 Å². The molecular formula is C21H19F2N3O3S2. The second-order valence-corrected chi connectivity index (χ2v) is 9.77. The maximum Gasteiger partial charge on any atom is 0.267 e. The minimum atomic E-state index is -3.87. The van der Waals surface area contributed by atoms with E-state index in [1.165, 1.54) is 46.8 Å². The highest BCUT2D eigenvalue weighted by Crippen LogP contribution is 2.28. The minimum Gasteiger partial charge on any atom is -0.369 e. The number of nitrogens with zero attached hydrogens (tertiary/aromatic N) is 2. The molecule has 0 radical (unpaired) electrons. The number of anilines is 2. The monoisotopic (exact) mass is 463 g/mol. The van der Waals surface area contributed by atoms with E-state index in [-0.39, 0.29) is 28.7 Å². The Bertz CT molecular complexity index is 1170. The van der Waals surface area contributed by atoms with Crippen molar-refractivity contribution in [2.24, 2.45) is 0 Å². The summed E-state index contributed by atoms with van der Waals surface area (Å²) in [6, 6.07) is 12.7. The summed E-state index contributed by atoms with van der Waals surface area (Å²) in [5.74, 6) is -1.32. The predicted molar refractivity (Wildman–Crippen MR) is 116 cm³/mol. The Kier molecular flexibility index (Phi) is 6.03. The number of benzene rings is 2. The molecule has 0 aliphatic carbocycles. The maximum atomic E-state index is 13.2. The van der Waals surface area contributed by atoms with Gasteiger partial charge in [0.15, 0.2) is 0 Å². The molecule has 6 nitrogen and oxygen atoms in total. The Morgan fingerprint density at radius 2 is 1.45 bits per heavy atom. The summed E-state index contributed by atoms with van der Waals surface area (Å²) in [6.45, 7) is 1.39. The van der Waals surface area contributed by atoms with Crippen molar-refractivity contribution in [1.29, 1.82) is 0 Å². The highest BCUT2D eigenvalue weighted by atomic mass is 32.2. The molecule has 1 aliphatic rings. The molecule has 2 aromatic carbocycles. The molecule has 10 heteroatoms. The molecule has 0 bridgehead atoms. The third kappa shape index (κ3) is 4.60. The summed E-state index contributed by atoms with van der Waals surface area (Å²) in [5, 5.41) is 4.16. The number of rotatable bonds is 5. The van der Waals surface area contributed by atoms with E-state index in [9.17, 15) is 22.0 Å². The van der Waals surface area contributed by atoms with Gasteiger partial charge in [0.25, 0.3) is 5.91 Å². The van der Waals surface area contributed by atoms with Gasteiger partial charge in [-0.2, -0.15) is 4.31 Å². The van der Waals surface area contributed by atoms with Gasteiger partial charge in [-0.25, -0.2) is 17.2 Å². The van der Waals surface area contributed by atoms with Crippen molar-refractivity contribution >= 4 is 38.6 Å². The van der Waals surface area contributed by atoms with Crippen LogP contribution in [0, 0.1) is 11.6 Å². The Balaban J connectivity index is 1.47. The molecule has 3 aromatic rings. The first-order valence-electron chi connectivity index (χ1n) is 9.50. The highest BCUT2D eigenvalue weighted by Gasteiger charge is 2.32. The molecule has 1 aliphatic heterocycles. The standard InChI is InChI=1S/C21H19F2N3O3S2/c22-15-1-5-17(6-2-15)24-21(27)20-19(9-14-30-20)31(28,29)26-12-10-25(11-13-26)18-7-3-16(23)4-8-18/h1-9,14H,10-13H2,(H,24,27). The van der Waals surface area contributed by atoms with E-state index in [1.54, 1.807) is 17.5 Å². The van der Waals surface area contributed by atoms with Gasteiger partial charge in [0.2, 0.25) is 10.0 Å². The number of sulfonamides is 1. The van der Waals surface area contributed by atoms with E-state index >= 15 is 0 Å². The Morgan fingerprint density at radius 1 is 0.871 bits per heavy atom. The predicted octanol–water partition coefficient (Wildman–Crippen LogP) is 3.79. The topological polar surface area (TPSA) is 69.7 Å². The number of hydrogen-bond acceptors (Lipinski definition) is 5. The van der Waals surface area contributed by atoms with Crippen LogP contribution in [0.3, 0.4) is 0 Å². The van der Waals surface area contributed by atoms with Gasteiger partial charge in [-0.05, 0) is 60.0 Å². The first-order chi connectivity index (χ1) is 14.8. The van der Waals surface area contributed by atoms with Crippen molar-refractivity contribution in [2.45, 2.75) is 4.90 Å². The highest BCUT2D eigenvalue weighted by molar-refractivity contribution is 7.89. The lowest BCUT2D eigenvalue weighted by Gasteiger charge is -2.35. The second kappa shape index (κ2) is 8.74. The van der Waals surface area contributed by atoms with Crippen LogP contribution in [0.1, 0.15) is 9.67 Å². The third-order valence-corrected chi connectivity index (χ3v) is 7.97. The largest absolute Gasteiger partial charge is 0.369 e. The number of carbonyl (C=O) groups is 1. The molecule has 0 saturated carbocycles. The van der Waals surface area contributed by atoms with Gasteiger partial charge in [-0.1, -0.05) is 0 Å². The number of halogens is 2. The van der Waals surface area contributed by atoms with Crippen molar-refractivity contribution in [3.63, 3.8) is 0 Å². The quantitative estimate of drug-likeness (QED) is 0.625. The van der Waals surface area contributed by atoms with Gasteiger partial charge in [-0.3, -0.25) is 4.79 Å². The summed E-state index contributed by atoms with van der Waals surface area (Å²) in [5.41, 5.74) is 1.20. The van der Waals surface area contributed by atoms with Crippen LogP contribution in [0.5, 0.6) is 0 Å². The molecular weight excluding hydrogens is 444 g/mol. The molecule has 1 N–H and O–H groups in total. The Morgan fingerprint density at radius 3 is 2.06 bits per heavy atom. The number of thiophene rings is 1. The third-order valence-electron chi connectivity index (χ3n) is 4.99. The second-order valence-electron chi connectivity index (χ2n) is 6.94. The molecule has 1 aromatic heterocycles. The molecule has 31 heavy (non-hydrogen) atoms. The molecule has 2 heterocycles. The lowest BCUT2D eigenvalue weighted by atomic mass is 10.2. The zero-order valence-electron chi connectivity index (χ0n) is 16.3. The number of nitrogens with one attached hydrogen (secondary N) is 1. The minimum absolute atomic E-state index is 0.0488. The molecule has 4 rings (SSSR count). The van der Waals surface area contributed by atoms with Crippen LogP contribution >= 0.6 is 11.3 Å². The van der Waals surface area contributed by atoms with Gasteiger partial charge in [0.1, 0.15) is 21.4 Å². The SMILES string of the molecule is O=C(Nc1ccc(F)cc1)c1sccc1S(=O)(=O)N1CCN(c2ccc(F)cc2)CC1. The lowest BCUT2D eigenvalue weighted by molar-refractivity contribution is 0.102. The zero-order valence-corrected chi connectivity index (χ0v) is 17.9. The molecule has 1 amide bonds. The van der Waals surface area contributed by atoms with Crippen molar-refractivity contribution in [3.8, 4) is 0 Å². The van der Waals surface area contributed by atoms with Crippen molar-refractivity contribution in [1.82, 2.24) is 4.31 Å². The van der Waals surface area contributed by atoms with Crippen LogP contribution in [0.15, 0.2) is 64.9 Å². The van der Waals surface area contributed by atoms with Crippen LogP contribution in [-0.2, 0) is 10.0 Å². The van der Waals surface area contributed by atoms with Gasteiger partial charge < -0.3 is 10.2 Å². The average molecular weight is 464 g/mol. The van der Waals surface area contributed by atoms with Gasteiger partial charge in [0, 0.05) is 37.6 Å². The molecule has 0 atom stereocenters. The van der Waals surface area contributed by atoms with E-state index in [0.29, 0.717) is 18.8 Å². The molecule has 1 fully saturated rings. The van der Waals surface area contributed by atoms with Crippen LogP contribution in [0.4, 0.5) is 20.2 Å². The molecule has 0 spiro atoms. The van der Waals surface area contributed by atoms with Crippen LogP contribution in [0.2, 0.25) is 0 Å². The summed E-state index contributed by atoms with van der Waals surface area (Å²) >= 11 is 1.03. The first kappa shape index (κ1) is 21.4. The van der Waals surface area contributed by atoms with Crippen LogP contribution in [0.25, 0.3) is 0 Å². The fraction of sp³-hybridized carbons (Fsp3) is 0.190. The lowest BCUT2D eigenvalue weighted by Crippen LogP contribution is -2.48.